The fourth-order valence-electron chi connectivity index (χ4n) is 2.44. The first-order valence-corrected chi connectivity index (χ1v) is 9.54. The van der Waals surface area contributed by atoms with Crippen molar-refractivity contribution in [2.24, 2.45) is 5.73 Å². The molecule has 0 aliphatic rings. The lowest BCUT2D eigenvalue weighted by Crippen LogP contribution is -2.32. The van der Waals surface area contributed by atoms with Crippen molar-refractivity contribution in [3.8, 4) is 0 Å². The van der Waals surface area contributed by atoms with Gasteiger partial charge in [-0.05, 0) is 30.9 Å². The molecule has 0 fully saturated rings. The van der Waals surface area contributed by atoms with Crippen molar-refractivity contribution in [2.45, 2.75) is 38.5 Å². The van der Waals surface area contributed by atoms with Crippen molar-refractivity contribution in [3.05, 3.63) is 70.7 Å². The summed E-state index contributed by atoms with van der Waals surface area (Å²) in [5, 5.41) is 3.22. The van der Waals surface area contributed by atoms with E-state index in [1.807, 2.05) is 42.5 Å². The Bertz CT molecular complexity index is 759. The van der Waals surface area contributed by atoms with Gasteiger partial charge < -0.3 is 20.5 Å². The van der Waals surface area contributed by atoms with E-state index in [1.54, 1.807) is 12.1 Å². The summed E-state index contributed by atoms with van der Waals surface area (Å²) >= 11 is 6.00. The molecule has 8 heteroatoms. The normalized spacial score (nSPS) is 11.1. The van der Waals surface area contributed by atoms with Crippen molar-refractivity contribution < 1.29 is 19.1 Å². The van der Waals surface area contributed by atoms with Crippen LogP contribution in [0.1, 0.15) is 30.4 Å². The Hall–Kier alpha value is -2.28. The van der Waals surface area contributed by atoms with E-state index < -0.39 is 18.1 Å². The molecule has 2 aromatic rings. The summed E-state index contributed by atoms with van der Waals surface area (Å²) in [6, 6.07) is 16.0. The van der Waals surface area contributed by atoms with Gasteiger partial charge in [-0.15, -0.1) is 12.4 Å². The van der Waals surface area contributed by atoms with Gasteiger partial charge in [-0.3, -0.25) is 4.79 Å². The number of amides is 1. The van der Waals surface area contributed by atoms with Crippen LogP contribution in [0.5, 0.6) is 0 Å². The molecule has 2 aromatic carbocycles. The number of halogens is 2. The standard InChI is InChI=1S/C21H25ClN2O4.ClH/c22-18-11-5-4-10-17(18)15-28-21(26)24-13-7-6-12-19(23)20(25)27-14-16-8-2-1-3-9-16;/h1-5,8-11,19H,6-7,12-15,23H2,(H,24,26);1H/t19-;/m0./s1. The number of unbranched alkanes of at least 4 members (excludes halogenated alkanes) is 1. The highest BCUT2D eigenvalue weighted by Crippen LogP contribution is 2.15. The third-order valence-electron chi connectivity index (χ3n) is 4.05. The molecule has 29 heavy (non-hydrogen) atoms. The number of ether oxygens (including phenoxy) is 2. The second-order valence-corrected chi connectivity index (χ2v) is 6.70. The average Bonchev–Trinajstić information content (AvgIpc) is 2.71. The van der Waals surface area contributed by atoms with Gasteiger partial charge in [0.1, 0.15) is 19.3 Å². The van der Waals surface area contributed by atoms with Crippen LogP contribution in [0.25, 0.3) is 0 Å². The molecule has 158 valence electrons. The maximum atomic E-state index is 11.9. The van der Waals surface area contributed by atoms with E-state index in [0.717, 1.165) is 11.1 Å². The number of nitrogens with two attached hydrogens (primary N) is 1. The lowest BCUT2D eigenvalue weighted by Gasteiger charge is -2.12. The van der Waals surface area contributed by atoms with Crippen molar-refractivity contribution >= 4 is 36.1 Å². The van der Waals surface area contributed by atoms with Crippen LogP contribution in [0, 0.1) is 0 Å². The highest BCUT2D eigenvalue weighted by molar-refractivity contribution is 6.31. The molecule has 0 heterocycles. The Labute approximate surface area is 182 Å². The molecule has 0 saturated carbocycles. The van der Waals surface area contributed by atoms with Crippen LogP contribution in [0.3, 0.4) is 0 Å². The van der Waals surface area contributed by atoms with Gasteiger partial charge in [0, 0.05) is 17.1 Å². The second-order valence-electron chi connectivity index (χ2n) is 6.29. The predicted octanol–water partition coefficient (Wildman–Crippen LogP) is 4.23. The van der Waals surface area contributed by atoms with Crippen LogP contribution in [-0.2, 0) is 27.5 Å². The molecule has 1 amide bonds. The number of rotatable bonds is 10. The van der Waals surface area contributed by atoms with Gasteiger partial charge in [0.25, 0.3) is 0 Å². The molecule has 0 saturated heterocycles. The van der Waals surface area contributed by atoms with E-state index in [0.29, 0.717) is 30.8 Å². The molecule has 2 rings (SSSR count). The monoisotopic (exact) mass is 440 g/mol. The molecule has 1 atom stereocenters. The van der Waals surface area contributed by atoms with Gasteiger partial charge in [0.15, 0.2) is 0 Å². The molecule has 0 aliphatic carbocycles. The Kier molecular flexibility index (Phi) is 11.8. The lowest BCUT2D eigenvalue weighted by atomic mass is 10.1. The summed E-state index contributed by atoms with van der Waals surface area (Å²) in [5.41, 5.74) is 7.52. The predicted molar refractivity (Wildman–Crippen MR) is 115 cm³/mol. The largest absolute Gasteiger partial charge is 0.460 e. The van der Waals surface area contributed by atoms with Gasteiger partial charge in [0.2, 0.25) is 0 Å². The van der Waals surface area contributed by atoms with Crippen molar-refractivity contribution in [3.63, 3.8) is 0 Å². The Morgan fingerprint density at radius 1 is 0.966 bits per heavy atom. The van der Waals surface area contributed by atoms with Gasteiger partial charge in [-0.25, -0.2) is 4.79 Å². The number of benzene rings is 2. The van der Waals surface area contributed by atoms with E-state index >= 15 is 0 Å². The summed E-state index contributed by atoms with van der Waals surface area (Å²) in [4.78, 5) is 23.6. The zero-order valence-corrected chi connectivity index (χ0v) is 17.6. The van der Waals surface area contributed by atoms with Gasteiger partial charge in [0.05, 0.1) is 0 Å². The smallest absolute Gasteiger partial charge is 0.407 e. The Morgan fingerprint density at radius 3 is 2.38 bits per heavy atom. The third-order valence-corrected chi connectivity index (χ3v) is 4.42. The Morgan fingerprint density at radius 2 is 1.66 bits per heavy atom. The first-order valence-electron chi connectivity index (χ1n) is 9.16. The van der Waals surface area contributed by atoms with Crippen LogP contribution in [-0.4, -0.2) is 24.6 Å². The van der Waals surface area contributed by atoms with Crippen molar-refractivity contribution in [2.75, 3.05) is 6.54 Å². The summed E-state index contributed by atoms with van der Waals surface area (Å²) in [6.45, 7) is 0.767. The third kappa shape index (κ3) is 9.65. The molecular weight excluding hydrogens is 415 g/mol. The second kappa shape index (κ2) is 13.8. The highest BCUT2D eigenvalue weighted by atomic mass is 35.5. The van der Waals surface area contributed by atoms with Crippen LogP contribution < -0.4 is 11.1 Å². The maximum Gasteiger partial charge on any atom is 0.407 e. The first kappa shape index (κ1) is 24.8. The van der Waals surface area contributed by atoms with Crippen molar-refractivity contribution in [1.82, 2.24) is 5.32 Å². The maximum absolute atomic E-state index is 11.9. The molecule has 0 aromatic heterocycles. The fourth-order valence-corrected chi connectivity index (χ4v) is 2.63. The summed E-state index contributed by atoms with van der Waals surface area (Å²) < 4.78 is 10.3. The molecule has 0 bridgehead atoms. The number of nitrogens with one attached hydrogen (secondary N) is 1. The number of carbonyl (C=O) groups is 2. The SMILES string of the molecule is Cl.N[C@@H](CCCCNC(=O)OCc1ccccc1Cl)C(=O)OCc1ccccc1. The Balaban J connectivity index is 0.00000420. The number of hydrogen-bond acceptors (Lipinski definition) is 5. The molecule has 0 aliphatic heterocycles. The van der Waals surface area contributed by atoms with Crippen LogP contribution in [0.4, 0.5) is 4.79 Å². The summed E-state index contributed by atoms with van der Waals surface area (Å²) in [7, 11) is 0. The van der Waals surface area contributed by atoms with E-state index in [2.05, 4.69) is 5.32 Å². The first-order chi connectivity index (χ1) is 13.6. The zero-order chi connectivity index (χ0) is 20.2. The van der Waals surface area contributed by atoms with Crippen molar-refractivity contribution in [1.29, 1.82) is 0 Å². The van der Waals surface area contributed by atoms with Gasteiger partial charge in [-0.1, -0.05) is 60.1 Å². The van der Waals surface area contributed by atoms with Crippen LogP contribution >= 0.6 is 24.0 Å². The molecule has 0 spiro atoms. The molecule has 0 radical (unpaired) electrons. The molecular formula is C21H26Cl2N2O4. The quantitative estimate of drug-likeness (QED) is 0.426. The van der Waals surface area contributed by atoms with Crippen LogP contribution in [0.2, 0.25) is 5.02 Å². The highest BCUT2D eigenvalue weighted by Gasteiger charge is 2.14. The average molecular weight is 441 g/mol. The van der Waals surface area contributed by atoms with E-state index in [-0.39, 0.29) is 25.6 Å². The number of hydrogen-bond donors (Lipinski definition) is 2. The minimum absolute atomic E-state index is 0. The number of esters is 1. The lowest BCUT2D eigenvalue weighted by molar-refractivity contribution is -0.146. The van der Waals surface area contributed by atoms with E-state index in [4.69, 9.17) is 26.8 Å². The molecule has 6 nitrogen and oxygen atoms in total. The topological polar surface area (TPSA) is 90.6 Å². The zero-order valence-electron chi connectivity index (χ0n) is 16.0. The minimum Gasteiger partial charge on any atom is -0.460 e. The van der Waals surface area contributed by atoms with Gasteiger partial charge >= 0.3 is 12.1 Å². The minimum atomic E-state index is -0.670. The van der Waals surface area contributed by atoms with E-state index in [9.17, 15) is 9.59 Å². The molecule has 3 N–H and O–H groups in total. The fraction of sp³-hybridized carbons (Fsp3) is 0.333. The summed E-state index contributed by atoms with van der Waals surface area (Å²) in [5.74, 6) is -0.420. The van der Waals surface area contributed by atoms with Gasteiger partial charge in [-0.2, -0.15) is 0 Å². The molecule has 0 unspecified atom stereocenters. The number of carbonyl (C=O) groups excluding carboxylic acids is 2. The summed E-state index contributed by atoms with van der Waals surface area (Å²) in [6.07, 6.45) is 1.35. The van der Waals surface area contributed by atoms with E-state index in [1.165, 1.54) is 0 Å². The van der Waals surface area contributed by atoms with Crippen LogP contribution in [0.15, 0.2) is 54.6 Å². The number of alkyl carbamates (subject to hydrolysis) is 1.